The summed E-state index contributed by atoms with van der Waals surface area (Å²) in [5, 5.41) is 3.30. The summed E-state index contributed by atoms with van der Waals surface area (Å²) in [5.41, 5.74) is 1.85. The standard InChI is InChI=1S/C21H25ClN2O4S/c1-15(2)24-29(27,28)14-18-6-4-3-5-17(18)13-23-21(26)12-11-20(25)16-7-9-19(22)10-8-16/h3-10,15,24H,11-14H2,1-2H3,(H,23,26). The zero-order valence-electron chi connectivity index (χ0n) is 16.4. The van der Waals surface area contributed by atoms with E-state index in [0.29, 0.717) is 16.1 Å². The zero-order valence-corrected chi connectivity index (χ0v) is 18.0. The molecule has 0 bridgehead atoms. The van der Waals surface area contributed by atoms with Gasteiger partial charge in [-0.3, -0.25) is 9.59 Å². The Hall–Kier alpha value is -2.22. The molecule has 0 heterocycles. The Labute approximate surface area is 176 Å². The van der Waals surface area contributed by atoms with E-state index < -0.39 is 10.0 Å². The molecule has 2 aromatic carbocycles. The summed E-state index contributed by atoms with van der Waals surface area (Å²) in [6.07, 6.45) is 0.138. The van der Waals surface area contributed by atoms with Gasteiger partial charge in [-0.2, -0.15) is 0 Å². The Morgan fingerprint density at radius 3 is 2.21 bits per heavy atom. The Kier molecular flexibility index (Phi) is 8.37. The Morgan fingerprint density at radius 1 is 0.966 bits per heavy atom. The van der Waals surface area contributed by atoms with Crippen LogP contribution in [0.3, 0.4) is 0 Å². The SMILES string of the molecule is CC(C)NS(=O)(=O)Cc1ccccc1CNC(=O)CCC(=O)c1ccc(Cl)cc1. The predicted molar refractivity (Wildman–Crippen MR) is 114 cm³/mol. The number of nitrogens with one attached hydrogen (secondary N) is 2. The smallest absolute Gasteiger partial charge is 0.220 e. The topological polar surface area (TPSA) is 92.3 Å². The third-order valence-corrected chi connectivity index (χ3v) is 5.87. The van der Waals surface area contributed by atoms with Crippen LogP contribution in [0.5, 0.6) is 0 Å². The van der Waals surface area contributed by atoms with Crippen LogP contribution in [0, 0.1) is 0 Å². The van der Waals surface area contributed by atoms with E-state index in [2.05, 4.69) is 10.0 Å². The molecule has 156 valence electrons. The Bertz CT molecular complexity index is 957. The second kappa shape index (κ2) is 10.5. The number of ketones is 1. The zero-order chi connectivity index (χ0) is 21.4. The lowest BCUT2D eigenvalue weighted by Crippen LogP contribution is -2.32. The molecule has 2 aromatic rings. The van der Waals surface area contributed by atoms with Crippen molar-refractivity contribution in [1.82, 2.24) is 10.0 Å². The number of halogens is 1. The van der Waals surface area contributed by atoms with E-state index in [-0.39, 0.29) is 42.9 Å². The first-order chi connectivity index (χ1) is 13.7. The second-order valence-electron chi connectivity index (χ2n) is 7.01. The average Bonchev–Trinajstić information content (AvgIpc) is 2.64. The molecule has 0 radical (unpaired) electrons. The van der Waals surface area contributed by atoms with Crippen LogP contribution < -0.4 is 10.0 Å². The van der Waals surface area contributed by atoms with Crippen LogP contribution in [0.2, 0.25) is 5.02 Å². The van der Waals surface area contributed by atoms with Crippen molar-refractivity contribution in [1.29, 1.82) is 0 Å². The van der Waals surface area contributed by atoms with Gasteiger partial charge in [0.15, 0.2) is 5.78 Å². The summed E-state index contributed by atoms with van der Waals surface area (Å²) in [7, 11) is -3.47. The van der Waals surface area contributed by atoms with Gasteiger partial charge in [0, 0.05) is 36.0 Å². The van der Waals surface area contributed by atoms with Crippen molar-refractivity contribution in [2.45, 2.75) is 45.0 Å². The van der Waals surface area contributed by atoms with Gasteiger partial charge >= 0.3 is 0 Å². The molecule has 0 aromatic heterocycles. The lowest BCUT2D eigenvalue weighted by molar-refractivity contribution is -0.121. The van der Waals surface area contributed by atoms with Crippen molar-refractivity contribution in [3.8, 4) is 0 Å². The summed E-state index contributed by atoms with van der Waals surface area (Å²) in [4.78, 5) is 24.3. The van der Waals surface area contributed by atoms with Crippen LogP contribution in [0.25, 0.3) is 0 Å². The van der Waals surface area contributed by atoms with Crippen LogP contribution in [0.4, 0.5) is 0 Å². The minimum atomic E-state index is -3.47. The van der Waals surface area contributed by atoms with Gasteiger partial charge in [0.1, 0.15) is 0 Å². The molecule has 0 aliphatic carbocycles. The van der Waals surface area contributed by atoms with Crippen molar-refractivity contribution in [3.05, 3.63) is 70.2 Å². The van der Waals surface area contributed by atoms with Crippen LogP contribution in [-0.2, 0) is 27.1 Å². The third-order valence-electron chi connectivity index (χ3n) is 4.10. The summed E-state index contributed by atoms with van der Waals surface area (Å²) in [6, 6.07) is 13.4. The minimum absolute atomic E-state index is 0.0524. The van der Waals surface area contributed by atoms with Gasteiger partial charge in [-0.1, -0.05) is 35.9 Å². The highest BCUT2D eigenvalue weighted by molar-refractivity contribution is 7.88. The lowest BCUT2D eigenvalue weighted by atomic mass is 10.1. The second-order valence-corrected chi connectivity index (χ2v) is 9.20. The van der Waals surface area contributed by atoms with Crippen molar-refractivity contribution in [2.24, 2.45) is 0 Å². The van der Waals surface area contributed by atoms with Crippen LogP contribution >= 0.6 is 11.6 Å². The molecule has 2 rings (SSSR count). The first kappa shape index (κ1) is 23.1. The number of carbonyl (C=O) groups excluding carboxylic acids is 2. The molecule has 0 fully saturated rings. The number of carbonyl (C=O) groups is 2. The fraction of sp³-hybridized carbons (Fsp3) is 0.333. The number of hydrogen-bond donors (Lipinski definition) is 2. The number of benzene rings is 2. The van der Waals surface area contributed by atoms with Gasteiger partial charge in [0.05, 0.1) is 5.75 Å². The fourth-order valence-corrected chi connectivity index (χ4v) is 4.38. The summed E-state index contributed by atoms with van der Waals surface area (Å²) in [6.45, 7) is 3.71. The van der Waals surface area contributed by atoms with Crippen molar-refractivity contribution < 1.29 is 18.0 Å². The monoisotopic (exact) mass is 436 g/mol. The van der Waals surface area contributed by atoms with Gasteiger partial charge < -0.3 is 5.32 Å². The van der Waals surface area contributed by atoms with Crippen molar-refractivity contribution >= 4 is 33.3 Å². The van der Waals surface area contributed by atoms with Gasteiger partial charge in [0.2, 0.25) is 15.9 Å². The molecule has 8 heteroatoms. The molecule has 0 saturated heterocycles. The van der Waals surface area contributed by atoms with Gasteiger partial charge in [-0.25, -0.2) is 13.1 Å². The first-order valence-corrected chi connectivity index (χ1v) is 11.3. The maximum atomic E-state index is 12.2. The Balaban J connectivity index is 1.90. The number of amides is 1. The molecule has 0 atom stereocenters. The summed E-state index contributed by atoms with van der Waals surface area (Å²) in [5.74, 6) is -0.569. The maximum Gasteiger partial charge on any atom is 0.220 e. The highest BCUT2D eigenvalue weighted by atomic mass is 35.5. The third kappa shape index (κ3) is 7.97. The number of Topliss-reactive ketones (excluding diaryl/α,β-unsaturated/α-hetero) is 1. The number of sulfonamides is 1. The highest BCUT2D eigenvalue weighted by Gasteiger charge is 2.16. The molecule has 0 unspecified atom stereocenters. The molecule has 0 aliphatic rings. The van der Waals surface area contributed by atoms with E-state index in [1.165, 1.54) is 0 Å². The average molecular weight is 437 g/mol. The van der Waals surface area contributed by atoms with E-state index in [9.17, 15) is 18.0 Å². The normalized spacial score (nSPS) is 11.4. The van der Waals surface area contributed by atoms with Gasteiger partial charge in [-0.05, 0) is 49.2 Å². The first-order valence-electron chi connectivity index (χ1n) is 9.28. The maximum absolute atomic E-state index is 12.2. The molecule has 29 heavy (non-hydrogen) atoms. The van der Waals surface area contributed by atoms with Crippen LogP contribution in [-0.4, -0.2) is 26.2 Å². The van der Waals surface area contributed by atoms with E-state index in [0.717, 1.165) is 5.56 Å². The fourth-order valence-electron chi connectivity index (χ4n) is 2.77. The predicted octanol–water partition coefficient (Wildman–Crippen LogP) is 3.45. The van der Waals surface area contributed by atoms with E-state index in [4.69, 9.17) is 11.6 Å². The van der Waals surface area contributed by atoms with Crippen LogP contribution in [0.1, 0.15) is 48.2 Å². The number of hydrogen-bond acceptors (Lipinski definition) is 4. The Morgan fingerprint density at radius 2 is 1.59 bits per heavy atom. The van der Waals surface area contributed by atoms with E-state index in [1.807, 2.05) is 0 Å². The van der Waals surface area contributed by atoms with Crippen molar-refractivity contribution in [2.75, 3.05) is 0 Å². The molecule has 6 nitrogen and oxygen atoms in total. The largest absolute Gasteiger partial charge is 0.352 e. The molecule has 0 aliphatic heterocycles. The number of rotatable bonds is 10. The van der Waals surface area contributed by atoms with E-state index >= 15 is 0 Å². The summed E-state index contributed by atoms with van der Waals surface area (Å²) >= 11 is 5.80. The highest BCUT2D eigenvalue weighted by Crippen LogP contribution is 2.14. The molecular formula is C21H25ClN2O4S. The summed E-state index contributed by atoms with van der Waals surface area (Å²) < 4.78 is 26.9. The quantitative estimate of drug-likeness (QED) is 0.558. The lowest BCUT2D eigenvalue weighted by Gasteiger charge is -2.13. The molecule has 1 amide bonds. The minimum Gasteiger partial charge on any atom is -0.352 e. The molecule has 2 N–H and O–H groups in total. The van der Waals surface area contributed by atoms with Crippen molar-refractivity contribution in [3.63, 3.8) is 0 Å². The van der Waals surface area contributed by atoms with Crippen LogP contribution in [0.15, 0.2) is 48.5 Å². The van der Waals surface area contributed by atoms with E-state index in [1.54, 1.807) is 62.4 Å². The molecule has 0 saturated carbocycles. The van der Waals surface area contributed by atoms with Gasteiger partial charge in [-0.15, -0.1) is 0 Å². The molecule has 0 spiro atoms. The molecular weight excluding hydrogens is 412 g/mol. The van der Waals surface area contributed by atoms with Gasteiger partial charge in [0.25, 0.3) is 0 Å².